The lowest BCUT2D eigenvalue weighted by molar-refractivity contribution is 0.724. The Kier molecular flexibility index (Phi) is 4.88. The number of hydrogen-bond donors (Lipinski definition) is 3. The first-order valence-corrected chi connectivity index (χ1v) is 11.2. The van der Waals surface area contributed by atoms with E-state index in [1.54, 1.807) is 12.5 Å². The Morgan fingerprint density at radius 3 is 2.85 bits per heavy atom. The third kappa shape index (κ3) is 3.52. The van der Waals surface area contributed by atoms with Crippen molar-refractivity contribution < 1.29 is 0 Å². The molecular weight excluding hydrogens is 426 g/mol. The molecule has 9 nitrogen and oxygen atoms in total. The maximum absolute atomic E-state index is 4.95. The highest BCUT2D eigenvalue weighted by molar-refractivity contribution is 5.96. The lowest BCUT2D eigenvalue weighted by Crippen LogP contribution is -2.11. The molecule has 0 amide bonds. The quantitative estimate of drug-likeness (QED) is 0.352. The summed E-state index contributed by atoms with van der Waals surface area (Å²) in [5.74, 6) is 0.817. The van der Waals surface area contributed by atoms with Crippen LogP contribution in [-0.2, 0) is 6.54 Å². The third-order valence-electron chi connectivity index (χ3n) is 5.82. The molecule has 0 saturated carbocycles. The first-order valence-electron chi connectivity index (χ1n) is 11.2. The van der Waals surface area contributed by atoms with Crippen LogP contribution in [-0.4, -0.2) is 46.2 Å². The molecule has 168 valence electrons. The number of H-pyrrole nitrogens is 2. The fourth-order valence-electron chi connectivity index (χ4n) is 4.15. The van der Waals surface area contributed by atoms with E-state index >= 15 is 0 Å². The summed E-state index contributed by atoms with van der Waals surface area (Å²) in [5, 5.41) is 12.0. The molecular formula is C25H23N9. The van der Waals surface area contributed by atoms with Crippen LogP contribution in [0.4, 0.5) is 0 Å². The van der Waals surface area contributed by atoms with Gasteiger partial charge in [-0.05, 0) is 49.4 Å². The molecule has 0 aliphatic rings. The van der Waals surface area contributed by atoms with Crippen LogP contribution in [0.25, 0.3) is 50.4 Å². The Balaban J connectivity index is 1.44. The molecule has 0 radical (unpaired) electrons. The van der Waals surface area contributed by atoms with Gasteiger partial charge in [0.25, 0.3) is 0 Å². The summed E-state index contributed by atoms with van der Waals surface area (Å²) in [6.07, 6.45) is 9.26. The molecule has 0 aromatic carbocycles. The largest absolute Gasteiger partial charge is 0.353 e. The molecule has 0 bridgehead atoms. The van der Waals surface area contributed by atoms with Crippen LogP contribution in [0.15, 0.2) is 61.4 Å². The van der Waals surface area contributed by atoms with Gasteiger partial charge in [-0.15, -0.1) is 0 Å². The molecule has 0 spiro atoms. The molecule has 6 rings (SSSR count). The van der Waals surface area contributed by atoms with Crippen molar-refractivity contribution >= 4 is 21.9 Å². The van der Waals surface area contributed by atoms with Crippen molar-refractivity contribution in [3.63, 3.8) is 0 Å². The average Bonchev–Trinajstić information content (AvgIpc) is 3.59. The Labute approximate surface area is 195 Å². The van der Waals surface area contributed by atoms with E-state index in [9.17, 15) is 0 Å². The van der Waals surface area contributed by atoms with Crippen molar-refractivity contribution in [1.82, 2.24) is 45.0 Å². The molecule has 34 heavy (non-hydrogen) atoms. The number of aromatic amines is 2. The Morgan fingerprint density at radius 2 is 2.00 bits per heavy atom. The second-order valence-corrected chi connectivity index (χ2v) is 8.23. The molecule has 0 aliphatic heterocycles. The summed E-state index contributed by atoms with van der Waals surface area (Å²) in [6.45, 7) is 5.74. The highest BCUT2D eigenvalue weighted by Gasteiger charge is 2.16. The Morgan fingerprint density at radius 1 is 1.06 bits per heavy atom. The van der Waals surface area contributed by atoms with Gasteiger partial charge in [0, 0.05) is 42.3 Å². The Bertz CT molecular complexity index is 1620. The highest BCUT2D eigenvalue weighted by atomic mass is 15.1. The molecule has 3 N–H and O–H groups in total. The smallest absolute Gasteiger partial charge is 0.147 e. The van der Waals surface area contributed by atoms with Crippen molar-refractivity contribution in [1.29, 1.82) is 0 Å². The standard InChI is InChI=1S/C25H23N9/c1-3-26-10-16-8-17(12-27-11-16)19-4-5-21-23(31-19)24(33-32-21)22-9-18-20(30-22)6-7-28-25(18)34-13-15(2)29-14-34/h4-9,11-14,26,30H,3,10H2,1-2H3,(H,32,33). The molecule has 6 aromatic heterocycles. The zero-order valence-corrected chi connectivity index (χ0v) is 18.9. The summed E-state index contributed by atoms with van der Waals surface area (Å²) >= 11 is 0. The van der Waals surface area contributed by atoms with Gasteiger partial charge in [0.15, 0.2) is 0 Å². The summed E-state index contributed by atoms with van der Waals surface area (Å²) < 4.78 is 1.93. The van der Waals surface area contributed by atoms with Crippen LogP contribution >= 0.6 is 0 Å². The first kappa shape index (κ1) is 20.3. The first-order chi connectivity index (χ1) is 16.7. The summed E-state index contributed by atoms with van der Waals surface area (Å²) in [7, 11) is 0. The third-order valence-corrected chi connectivity index (χ3v) is 5.82. The van der Waals surface area contributed by atoms with Crippen molar-refractivity contribution in [2.45, 2.75) is 20.4 Å². The predicted molar refractivity (Wildman–Crippen MR) is 131 cm³/mol. The molecule has 0 saturated heterocycles. The number of imidazole rings is 1. The Hall–Kier alpha value is -4.37. The lowest BCUT2D eigenvalue weighted by atomic mass is 10.1. The number of aryl methyl sites for hydroxylation is 1. The van der Waals surface area contributed by atoms with Crippen LogP contribution < -0.4 is 5.32 Å². The van der Waals surface area contributed by atoms with Crippen LogP contribution in [0.1, 0.15) is 18.2 Å². The minimum Gasteiger partial charge on any atom is -0.353 e. The predicted octanol–water partition coefficient (Wildman–Crippen LogP) is 4.17. The van der Waals surface area contributed by atoms with E-state index in [2.05, 4.69) is 54.5 Å². The summed E-state index contributed by atoms with van der Waals surface area (Å²) in [6, 6.07) is 10.1. The minimum absolute atomic E-state index is 0.762. The van der Waals surface area contributed by atoms with Crippen LogP contribution in [0, 0.1) is 6.92 Å². The van der Waals surface area contributed by atoms with Crippen LogP contribution in [0.2, 0.25) is 0 Å². The van der Waals surface area contributed by atoms with Crippen LogP contribution in [0.5, 0.6) is 0 Å². The zero-order chi connectivity index (χ0) is 23.1. The number of pyridine rings is 3. The van der Waals surface area contributed by atoms with Gasteiger partial charge < -0.3 is 10.3 Å². The van der Waals surface area contributed by atoms with E-state index in [0.29, 0.717) is 0 Å². The number of aromatic nitrogens is 8. The van der Waals surface area contributed by atoms with Crippen molar-refractivity contribution in [2.24, 2.45) is 0 Å². The molecule has 6 heterocycles. The van der Waals surface area contributed by atoms with Gasteiger partial charge in [0.2, 0.25) is 0 Å². The summed E-state index contributed by atoms with van der Waals surface area (Å²) in [4.78, 5) is 21.8. The number of rotatable bonds is 6. The monoisotopic (exact) mass is 449 g/mol. The normalized spacial score (nSPS) is 11.6. The molecule has 9 heteroatoms. The number of nitrogens with one attached hydrogen (secondary N) is 3. The topological polar surface area (TPSA) is 113 Å². The highest BCUT2D eigenvalue weighted by Crippen LogP contribution is 2.31. The number of hydrogen-bond acceptors (Lipinski definition) is 6. The molecule has 0 aliphatic carbocycles. The molecule has 0 fully saturated rings. The maximum atomic E-state index is 4.95. The summed E-state index contributed by atoms with van der Waals surface area (Å²) in [5.41, 5.74) is 8.17. The van der Waals surface area contributed by atoms with Gasteiger partial charge in [-0.1, -0.05) is 6.92 Å². The van der Waals surface area contributed by atoms with E-state index in [1.807, 2.05) is 48.3 Å². The maximum Gasteiger partial charge on any atom is 0.147 e. The van der Waals surface area contributed by atoms with E-state index < -0.39 is 0 Å². The van der Waals surface area contributed by atoms with Gasteiger partial charge in [0.05, 0.1) is 28.1 Å². The average molecular weight is 450 g/mol. The van der Waals surface area contributed by atoms with Crippen molar-refractivity contribution in [3.05, 3.63) is 72.7 Å². The number of fused-ring (bicyclic) bond motifs is 2. The van der Waals surface area contributed by atoms with Gasteiger partial charge >= 0.3 is 0 Å². The molecule has 0 atom stereocenters. The van der Waals surface area contributed by atoms with E-state index in [4.69, 9.17) is 4.98 Å². The lowest BCUT2D eigenvalue weighted by Gasteiger charge is -2.05. The molecule has 0 unspecified atom stereocenters. The van der Waals surface area contributed by atoms with Gasteiger partial charge in [0.1, 0.15) is 23.4 Å². The van der Waals surface area contributed by atoms with Gasteiger partial charge in [-0.2, -0.15) is 5.10 Å². The zero-order valence-electron chi connectivity index (χ0n) is 18.9. The SMILES string of the molecule is CCNCc1cncc(-c2ccc3[nH]nc(-c4cc5c(-n6cnc(C)c6)nccc5[nH]4)c3n2)c1. The molecule has 6 aromatic rings. The minimum atomic E-state index is 0.762. The number of nitrogens with zero attached hydrogens (tertiary/aromatic N) is 6. The second kappa shape index (κ2) is 8.20. The van der Waals surface area contributed by atoms with Crippen molar-refractivity contribution in [2.75, 3.05) is 6.54 Å². The fourth-order valence-corrected chi connectivity index (χ4v) is 4.15. The van der Waals surface area contributed by atoms with E-state index in [-0.39, 0.29) is 0 Å². The van der Waals surface area contributed by atoms with Crippen LogP contribution in [0.3, 0.4) is 0 Å². The van der Waals surface area contributed by atoms with Gasteiger partial charge in [-0.3, -0.25) is 14.6 Å². The van der Waals surface area contributed by atoms with Crippen molar-refractivity contribution in [3.8, 4) is 28.5 Å². The fraction of sp³-hybridized carbons (Fsp3) is 0.160. The second-order valence-electron chi connectivity index (χ2n) is 8.23. The van der Waals surface area contributed by atoms with E-state index in [0.717, 1.165) is 74.7 Å². The van der Waals surface area contributed by atoms with E-state index in [1.165, 1.54) is 0 Å². The van der Waals surface area contributed by atoms with Gasteiger partial charge in [-0.25, -0.2) is 15.0 Å².